The molecule has 3 aromatic rings. The fourth-order valence-electron chi connectivity index (χ4n) is 4.30. The smallest absolute Gasteiger partial charge is 0.264 e. The lowest BCUT2D eigenvalue weighted by molar-refractivity contribution is -0.141. The number of rotatable bonds is 10. The summed E-state index contributed by atoms with van der Waals surface area (Å²) >= 11 is 12.9. The van der Waals surface area contributed by atoms with E-state index in [1.54, 1.807) is 74.5 Å². The summed E-state index contributed by atoms with van der Waals surface area (Å²) in [6.07, 6.45) is 0.283. The van der Waals surface area contributed by atoms with Gasteiger partial charge < -0.3 is 10.2 Å². The molecule has 0 heterocycles. The topological polar surface area (TPSA) is 86.8 Å². The molecule has 40 heavy (non-hydrogen) atoms. The van der Waals surface area contributed by atoms with Crippen molar-refractivity contribution >= 4 is 50.7 Å². The molecule has 1 atom stereocenters. The Hall–Kier alpha value is -3.07. The first-order chi connectivity index (χ1) is 18.8. The number of aryl methyl sites for hydroxylation is 1. The Labute approximate surface area is 247 Å². The molecule has 10 heteroatoms. The first kappa shape index (κ1) is 31.5. The maximum Gasteiger partial charge on any atom is 0.264 e. The Morgan fingerprint density at radius 2 is 1.48 bits per heavy atom. The fraction of sp³-hybridized carbons (Fsp3) is 0.333. The van der Waals surface area contributed by atoms with E-state index < -0.39 is 34.1 Å². The number of carbonyl (C=O) groups excluding carboxylic acids is 2. The molecule has 2 amide bonds. The first-order valence-electron chi connectivity index (χ1n) is 12.9. The summed E-state index contributed by atoms with van der Waals surface area (Å²) in [4.78, 5) is 29.0. The van der Waals surface area contributed by atoms with Gasteiger partial charge in [0.15, 0.2) is 0 Å². The summed E-state index contributed by atoms with van der Waals surface area (Å²) in [6, 6.07) is 19.0. The second-order valence-corrected chi connectivity index (χ2v) is 13.2. The van der Waals surface area contributed by atoms with Crippen LogP contribution >= 0.6 is 23.2 Å². The average Bonchev–Trinajstić information content (AvgIpc) is 2.88. The fourth-order valence-corrected chi connectivity index (χ4v) is 6.32. The van der Waals surface area contributed by atoms with Crippen LogP contribution in [0, 0.1) is 6.92 Å². The standard InChI is InChI=1S/C30H35Cl2N3O4S/c1-6-26(29(37)33-30(3,4)5)34(19-23-24(31)16-12-17-25(23)32)28(36)20-35(27-18-11-10-13-21(27)2)40(38,39)22-14-8-7-9-15-22/h7-18,26H,6,19-20H2,1-5H3,(H,33,37)/t26-/m0/s1. The van der Waals surface area contributed by atoms with Gasteiger partial charge in [-0.2, -0.15) is 0 Å². The van der Waals surface area contributed by atoms with Crippen LogP contribution < -0.4 is 9.62 Å². The van der Waals surface area contributed by atoms with Crippen molar-refractivity contribution in [1.82, 2.24) is 10.2 Å². The third-order valence-corrected chi connectivity index (χ3v) is 8.75. The van der Waals surface area contributed by atoms with Crippen molar-refractivity contribution in [1.29, 1.82) is 0 Å². The molecule has 7 nitrogen and oxygen atoms in total. The molecule has 0 bridgehead atoms. The van der Waals surface area contributed by atoms with E-state index in [1.165, 1.54) is 17.0 Å². The minimum atomic E-state index is -4.14. The molecule has 0 spiro atoms. The molecule has 0 fully saturated rings. The summed E-state index contributed by atoms with van der Waals surface area (Å²) in [5.74, 6) is -0.936. The van der Waals surface area contributed by atoms with E-state index >= 15 is 0 Å². The number of benzene rings is 3. The molecule has 0 unspecified atom stereocenters. The molecule has 3 aromatic carbocycles. The molecule has 3 rings (SSSR count). The van der Waals surface area contributed by atoms with Crippen molar-refractivity contribution in [2.45, 2.75) is 64.1 Å². The predicted octanol–water partition coefficient (Wildman–Crippen LogP) is 6.22. The van der Waals surface area contributed by atoms with E-state index in [9.17, 15) is 18.0 Å². The highest BCUT2D eigenvalue weighted by molar-refractivity contribution is 7.92. The van der Waals surface area contributed by atoms with Gasteiger partial charge in [0.25, 0.3) is 10.0 Å². The maximum absolute atomic E-state index is 14.2. The van der Waals surface area contributed by atoms with Crippen molar-refractivity contribution in [3.8, 4) is 0 Å². The number of halogens is 2. The van der Waals surface area contributed by atoms with Gasteiger partial charge in [-0.1, -0.05) is 72.6 Å². The molecule has 0 aliphatic carbocycles. The summed E-state index contributed by atoms with van der Waals surface area (Å²) in [5, 5.41) is 3.61. The molecule has 0 aromatic heterocycles. The average molecular weight is 605 g/mol. The van der Waals surface area contributed by atoms with Gasteiger partial charge >= 0.3 is 0 Å². The molecule has 0 radical (unpaired) electrons. The molecule has 0 saturated carbocycles. The molecule has 0 aliphatic heterocycles. The highest BCUT2D eigenvalue weighted by Gasteiger charge is 2.35. The van der Waals surface area contributed by atoms with Crippen LogP contribution in [0.2, 0.25) is 10.0 Å². The van der Waals surface area contributed by atoms with Gasteiger partial charge in [-0.05, 0) is 70.0 Å². The number of hydrogen-bond acceptors (Lipinski definition) is 4. The summed E-state index contributed by atoms with van der Waals surface area (Å²) in [7, 11) is -4.14. The van der Waals surface area contributed by atoms with Gasteiger partial charge in [-0.25, -0.2) is 8.42 Å². The second-order valence-electron chi connectivity index (χ2n) is 10.5. The van der Waals surface area contributed by atoms with E-state index in [-0.39, 0.29) is 23.8 Å². The van der Waals surface area contributed by atoms with Crippen LogP contribution in [0.5, 0.6) is 0 Å². The molecular weight excluding hydrogens is 569 g/mol. The van der Waals surface area contributed by atoms with E-state index in [0.29, 0.717) is 26.9 Å². The molecule has 214 valence electrons. The Kier molecular flexibility index (Phi) is 10.3. The van der Waals surface area contributed by atoms with Crippen LogP contribution in [-0.4, -0.2) is 43.3 Å². The normalized spacial score (nSPS) is 12.5. The van der Waals surface area contributed by atoms with Crippen molar-refractivity contribution < 1.29 is 18.0 Å². The maximum atomic E-state index is 14.2. The number of hydrogen-bond donors (Lipinski definition) is 1. The van der Waals surface area contributed by atoms with Crippen LogP contribution in [-0.2, 0) is 26.2 Å². The zero-order chi connectivity index (χ0) is 29.7. The zero-order valence-electron chi connectivity index (χ0n) is 23.3. The van der Waals surface area contributed by atoms with Crippen molar-refractivity contribution in [3.63, 3.8) is 0 Å². The predicted molar refractivity (Wildman–Crippen MR) is 161 cm³/mol. The highest BCUT2D eigenvalue weighted by Crippen LogP contribution is 2.30. The third kappa shape index (κ3) is 7.56. The molecule has 1 N–H and O–H groups in total. The van der Waals surface area contributed by atoms with E-state index in [2.05, 4.69) is 5.32 Å². The Balaban J connectivity index is 2.12. The van der Waals surface area contributed by atoms with E-state index in [1.807, 2.05) is 20.8 Å². The van der Waals surface area contributed by atoms with Gasteiger partial charge in [-0.15, -0.1) is 0 Å². The largest absolute Gasteiger partial charge is 0.350 e. The summed E-state index contributed by atoms with van der Waals surface area (Å²) in [5.41, 5.74) is 0.954. The zero-order valence-corrected chi connectivity index (χ0v) is 25.6. The minimum absolute atomic E-state index is 0.0456. The minimum Gasteiger partial charge on any atom is -0.350 e. The third-order valence-electron chi connectivity index (χ3n) is 6.27. The quantitative estimate of drug-likeness (QED) is 0.298. The van der Waals surface area contributed by atoms with E-state index in [4.69, 9.17) is 23.2 Å². The van der Waals surface area contributed by atoms with Gasteiger partial charge in [0.05, 0.1) is 10.6 Å². The lowest BCUT2D eigenvalue weighted by Gasteiger charge is -2.35. The van der Waals surface area contributed by atoms with Crippen LogP contribution in [0.15, 0.2) is 77.7 Å². The highest BCUT2D eigenvalue weighted by atomic mass is 35.5. The number of nitrogens with one attached hydrogen (secondary N) is 1. The SMILES string of the molecule is CC[C@@H](C(=O)NC(C)(C)C)N(Cc1c(Cl)cccc1Cl)C(=O)CN(c1ccccc1C)S(=O)(=O)c1ccccc1. The number of nitrogens with zero attached hydrogens (tertiary/aromatic N) is 2. The second kappa shape index (κ2) is 13.1. The van der Waals surface area contributed by atoms with Gasteiger partial charge in [-0.3, -0.25) is 13.9 Å². The van der Waals surface area contributed by atoms with Crippen molar-refractivity contribution in [2.75, 3.05) is 10.8 Å². The molecular formula is C30H35Cl2N3O4S. The Bertz CT molecular complexity index is 1440. The van der Waals surface area contributed by atoms with Crippen LogP contribution in [0.25, 0.3) is 0 Å². The number of amides is 2. The number of para-hydroxylation sites is 1. The number of anilines is 1. The van der Waals surface area contributed by atoms with Crippen LogP contribution in [0.1, 0.15) is 45.2 Å². The Morgan fingerprint density at radius 3 is 2.02 bits per heavy atom. The summed E-state index contributed by atoms with van der Waals surface area (Å²) < 4.78 is 28.9. The monoisotopic (exact) mass is 603 g/mol. The van der Waals surface area contributed by atoms with Crippen LogP contribution in [0.4, 0.5) is 5.69 Å². The van der Waals surface area contributed by atoms with Crippen molar-refractivity contribution in [3.05, 3.63) is 94.0 Å². The molecule has 0 saturated heterocycles. The van der Waals surface area contributed by atoms with Crippen LogP contribution in [0.3, 0.4) is 0 Å². The molecule has 0 aliphatic rings. The van der Waals surface area contributed by atoms with Crippen molar-refractivity contribution in [2.24, 2.45) is 0 Å². The number of carbonyl (C=O) groups is 2. The number of sulfonamides is 1. The first-order valence-corrected chi connectivity index (χ1v) is 15.1. The lowest BCUT2D eigenvalue weighted by atomic mass is 10.1. The van der Waals surface area contributed by atoms with Gasteiger partial charge in [0.1, 0.15) is 12.6 Å². The van der Waals surface area contributed by atoms with E-state index in [0.717, 1.165) is 4.31 Å². The van der Waals surface area contributed by atoms with Gasteiger partial charge in [0, 0.05) is 27.7 Å². The lowest BCUT2D eigenvalue weighted by Crippen LogP contribution is -2.55. The Morgan fingerprint density at radius 1 is 0.900 bits per heavy atom. The van der Waals surface area contributed by atoms with Gasteiger partial charge in [0.2, 0.25) is 11.8 Å². The summed E-state index contributed by atoms with van der Waals surface area (Å²) in [6.45, 7) is 8.49.